The standard InChI is InChI=1S/C24H14ClN3O4/c25-18-10-17(23(29)21(11-18)28(30)31)13-26-19-7-8-22-20(12-19)27-24(32-22)16-6-5-14-3-1-2-4-15(14)9-16/h1-13,29H. The van der Waals surface area contributed by atoms with Crippen molar-refractivity contribution in [3.05, 3.63) is 93.5 Å². The van der Waals surface area contributed by atoms with E-state index in [2.05, 4.69) is 9.98 Å². The van der Waals surface area contributed by atoms with E-state index in [0.717, 1.165) is 22.4 Å². The molecule has 0 unspecified atom stereocenters. The molecule has 5 aromatic rings. The molecule has 0 aliphatic carbocycles. The zero-order valence-corrected chi connectivity index (χ0v) is 17.2. The lowest BCUT2D eigenvalue weighted by molar-refractivity contribution is -0.385. The lowest BCUT2D eigenvalue weighted by Gasteiger charge is -2.01. The third-order valence-electron chi connectivity index (χ3n) is 5.00. The summed E-state index contributed by atoms with van der Waals surface area (Å²) < 4.78 is 5.90. The normalized spacial score (nSPS) is 11.5. The fourth-order valence-electron chi connectivity index (χ4n) is 3.43. The molecule has 0 saturated heterocycles. The number of benzene rings is 4. The van der Waals surface area contributed by atoms with E-state index in [4.69, 9.17) is 16.0 Å². The van der Waals surface area contributed by atoms with Crippen molar-refractivity contribution in [3.63, 3.8) is 0 Å². The fourth-order valence-corrected chi connectivity index (χ4v) is 3.65. The number of halogens is 1. The summed E-state index contributed by atoms with van der Waals surface area (Å²) in [7, 11) is 0. The topological polar surface area (TPSA) is 102 Å². The number of phenolic OH excluding ortho intramolecular Hbond substituents is 1. The van der Waals surface area contributed by atoms with Crippen molar-refractivity contribution in [2.45, 2.75) is 0 Å². The summed E-state index contributed by atoms with van der Waals surface area (Å²) in [4.78, 5) is 19.2. The minimum absolute atomic E-state index is 0.128. The van der Waals surface area contributed by atoms with Gasteiger partial charge in [0.05, 0.1) is 10.6 Å². The van der Waals surface area contributed by atoms with Gasteiger partial charge in [-0.25, -0.2) is 4.98 Å². The zero-order valence-electron chi connectivity index (χ0n) is 16.4. The van der Waals surface area contributed by atoms with Crippen LogP contribution in [0.15, 0.2) is 82.2 Å². The summed E-state index contributed by atoms with van der Waals surface area (Å²) in [5.41, 5.74) is 2.28. The summed E-state index contributed by atoms with van der Waals surface area (Å²) >= 11 is 5.92. The van der Waals surface area contributed by atoms with E-state index in [0.29, 0.717) is 22.7 Å². The summed E-state index contributed by atoms with van der Waals surface area (Å²) in [5.74, 6) is -0.000697. The van der Waals surface area contributed by atoms with Crippen molar-refractivity contribution in [3.8, 4) is 17.2 Å². The zero-order chi connectivity index (χ0) is 22.2. The molecule has 8 heteroatoms. The Hall–Kier alpha value is -4.23. The van der Waals surface area contributed by atoms with Gasteiger partial charge in [0.2, 0.25) is 11.6 Å². The Labute approximate surface area is 186 Å². The molecular weight excluding hydrogens is 430 g/mol. The highest BCUT2D eigenvalue weighted by Gasteiger charge is 2.17. The number of oxazole rings is 1. The fraction of sp³-hybridized carbons (Fsp3) is 0. The Morgan fingerprint density at radius 1 is 1.03 bits per heavy atom. The monoisotopic (exact) mass is 443 g/mol. The van der Waals surface area contributed by atoms with Gasteiger partial charge in [0.15, 0.2) is 5.58 Å². The van der Waals surface area contributed by atoms with Gasteiger partial charge >= 0.3 is 5.69 Å². The van der Waals surface area contributed by atoms with Crippen LogP contribution in [0.4, 0.5) is 11.4 Å². The van der Waals surface area contributed by atoms with Crippen LogP contribution in [0.25, 0.3) is 33.3 Å². The number of hydrogen-bond acceptors (Lipinski definition) is 6. The smallest absolute Gasteiger partial charge is 0.312 e. The molecule has 0 saturated carbocycles. The first-order chi connectivity index (χ1) is 15.5. The number of hydrogen-bond donors (Lipinski definition) is 1. The van der Waals surface area contributed by atoms with E-state index in [-0.39, 0.29) is 10.6 Å². The van der Waals surface area contributed by atoms with Crippen LogP contribution < -0.4 is 0 Å². The maximum Gasteiger partial charge on any atom is 0.312 e. The van der Waals surface area contributed by atoms with Crippen LogP contribution in [-0.4, -0.2) is 21.2 Å². The van der Waals surface area contributed by atoms with Crippen molar-refractivity contribution >= 4 is 51.1 Å². The van der Waals surface area contributed by atoms with Crippen molar-refractivity contribution in [1.82, 2.24) is 4.98 Å². The average Bonchev–Trinajstić information content (AvgIpc) is 3.22. The molecule has 0 radical (unpaired) electrons. The molecule has 1 heterocycles. The summed E-state index contributed by atoms with van der Waals surface area (Å²) in [6, 6.07) is 21.7. The molecule has 0 spiro atoms. The van der Waals surface area contributed by atoms with Crippen LogP contribution >= 0.6 is 11.6 Å². The van der Waals surface area contributed by atoms with Gasteiger partial charge < -0.3 is 9.52 Å². The number of nitrogens with zero attached hydrogens (tertiary/aromatic N) is 3. The van der Waals surface area contributed by atoms with Crippen LogP contribution in [0.5, 0.6) is 5.75 Å². The second kappa shape index (κ2) is 7.79. The second-order valence-electron chi connectivity index (χ2n) is 7.11. The predicted octanol–water partition coefficient (Wildman–Crippen LogP) is 6.67. The van der Waals surface area contributed by atoms with Crippen LogP contribution in [0, 0.1) is 10.1 Å². The summed E-state index contributed by atoms with van der Waals surface area (Å²) in [6.45, 7) is 0. The molecule has 156 valence electrons. The Bertz CT molecular complexity index is 1540. The Balaban J connectivity index is 1.49. The lowest BCUT2D eigenvalue weighted by atomic mass is 10.1. The number of aromatic hydroxyl groups is 1. The van der Waals surface area contributed by atoms with Crippen LogP contribution in [0.3, 0.4) is 0 Å². The number of aliphatic imine (C=N–C) groups is 1. The van der Waals surface area contributed by atoms with Crippen LogP contribution in [-0.2, 0) is 0 Å². The maximum absolute atomic E-state index is 11.1. The van der Waals surface area contributed by atoms with E-state index < -0.39 is 16.4 Å². The third-order valence-corrected chi connectivity index (χ3v) is 5.22. The SMILES string of the molecule is O=[N+]([O-])c1cc(Cl)cc(C=Nc2ccc3oc(-c4ccc5ccccc5c4)nc3c2)c1O. The first-order valence-electron chi connectivity index (χ1n) is 9.59. The van der Waals surface area contributed by atoms with Gasteiger partial charge in [0, 0.05) is 28.4 Å². The number of nitro benzene ring substituents is 1. The summed E-state index contributed by atoms with van der Waals surface area (Å²) in [6.07, 6.45) is 1.32. The molecule has 0 atom stereocenters. The minimum atomic E-state index is -0.700. The number of nitro groups is 1. The van der Waals surface area contributed by atoms with Gasteiger partial charge in [-0.15, -0.1) is 0 Å². The molecule has 0 aliphatic heterocycles. The minimum Gasteiger partial charge on any atom is -0.502 e. The molecule has 7 nitrogen and oxygen atoms in total. The van der Waals surface area contributed by atoms with E-state index in [1.54, 1.807) is 18.2 Å². The second-order valence-corrected chi connectivity index (χ2v) is 7.55. The number of fused-ring (bicyclic) bond motifs is 2. The van der Waals surface area contributed by atoms with Crippen molar-refractivity contribution in [2.75, 3.05) is 0 Å². The first kappa shape index (κ1) is 19.7. The van der Waals surface area contributed by atoms with Crippen molar-refractivity contribution in [1.29, 1.82) is 0 Å². The first-order valence-corrected chi connectivity index (χ1v) is 9.96. The van der Waals surface area contributed by atoms with Crippen molar-refractivity contribution in [2.24, 2.45) is 4.99 Å². The molecular formula is C24H14ClN3O4. The van der Waals surface area contributed by atoms with E-state index in [9.17, 15) is 15.2 Å². The van der Waals surface area contributed by atoms with E-state index in [1.165, 1.54) is 12.3 Å². The quantitative estimate of drug-likeness (QED) is 0.190. The van der Waals surface area contributed by atoms with Gasteiger partial charge in [-0.2, -0.15) is 0 Å². The molecule has 5 rings (SSSR count). The van der Waals surface area contributed by atoms with Crippen molar-refractivity contribution < 1.29 is 14.4 Å². The highest BCUT2D eigenvalue weighted by Crippen LogP contribution is 2.33. The molecule has 1 N–H and O–H groups in total. The van der Waals surface area contributed by atoms with Gasteiger partial charge in [-0.05, 0) is 47.2 Å². The largest absolute Gasteiger partial charge is 0.502 e. The molecule has 0 amide bonds. The highest BCUT2D eigenvalue weighted by molar-refractivity contribution is 6.31. The molecule has 4 aromatic carbocycles. The highest BCUT2D eigenvalue weighted by atomic mass is 35.5. The lowest BCUT2D eigenvalue weighted by Crippen LogP contribution is -1.92. The van der Waals surface area contributed by atoms with E-state index in [1.807, 2.05) is 42.5 Å². The molecule has 0 fully saturated rings. The van der Waals surface area contributed by atoms with Gasteiger partial charge in [0.1, 0.15) is 5.52 Å². The molecule has 0 bridgehead atoms. The Kier molecular flexibility index (Phi) is 4.80. The molecule has 32 heavy (non-hydrogen) atoms. The van der Waals surface area contributed by atoms with E-state index >= 15 is 0 Å². The number of phenols is 1. The Morgan fingerprint density at radius 3 is 2.66 bits per heavy atom. The average molecular weight is 444 g/mol. The number of rotatable bonds is 4. The van der Waals surface area contributed by atoms with Gasteiger partial charge in [-0.3, -0.25) is 15.1 Å². The summed E-state index contributed by atoms with van der Waals surface area (Å²) in [5, 5.41) is 23.5. The van der Waals surface area contributed by atoms with Gasteiger partial charge in [0.25, 0.3) is 0 Å². The predicted molar refractivity (Wildman–Crippen MR) is 124 cm³/mol. The number of aromatic nitrogens is 1. The van der Waals surface area contributed by atoms with Crippen LogP contribution in [0.1, 0.15) is 5.56 Å². The Morgan fingerprint density at radius 2 is 1.84 bits per heavy atom. The third kappa shape index (κ3) is 3.66. The molecule has 0 aliphatic rings. The maximum atomic E-state index is 11.1. The van der Waals surface area contributed by atoms with Crippen LogP contribution in [0.2, 0.25) is 5.02 Å². The van der Waals surface area contributed by atoms with Gasteiger partial charge in [-0.1, -0.05) is 41.9 Å². The molecule has 1 aromatic heterocycles.